The van der Waals surface area contributed by atoms with Gasteiger partial charge in [0, 0.05) is 18.2 Å². The van der Waals surface area contributed by atoms with E-state index in [2.05, 4.69) is 42.3 Å². The maximum Gasteiger partial charge on any atom is 0.231 e. The highest BCUT2D eigenvalue weighted by molar-refractivity contribution is 5.95. The van der Waals surface area contributed by atoms with E-state index in [1.54, 1.807) is 0 Å². The molecule has 1 saturated heterocycles. The topological polar surface area (TPSA) is 50.8 Å². The first kappa shape index (κ1) is 18.5. The van der Waals surface area contributed by atoms with Gasteiger partial charge in [0.25, 0.3) is 0 Å². The normalized spacial score (nSPS) is 21.9. The number of carbonyl (C=O) groups excluding carboxylic acids is 1. The van der Waals surface area contributed by atoms with Crippen molar-refractivity contribution in [3.05, 3.63) is 53.1 Å². The van der Waals surface area contributed by atoms with Crippen LogP contribution >= 0.6 is 0 Å². The molecule has 5 rings (SSSR count). The Hall–Kier alpha value is -2.53. The van der Waals surface area contributed by atoms with Crippen molar-refractivity contribution in [2.24, 2.45) is 11.3 Å². The second kappa shape index (κ2) is 7.06. The number of anilines is 1. The highest BCUT2D eigenvalue weighted by Crippen LogP contribution is 2.59. The summed E-state index contributed by atoms with van der Waals surface area (Å²) in [6.45, 7) is 7.46. The Balaban J connectivity index is 1.15. The molecule has 1 amide bonds. The Morgan fingerprint density at radius 2 is 1.79 bits per heavy atom. The van der Waals surface area contributed by atoms with E-state index in [1.165, 1.54) is 16.7 Å². The SMILES string of the molecule is Cc1cc(C)cc(NC(=O)[C@H]2CC23CCN(Cc2ccc4c(c2)OCO4)CC3)c1. The lowest BCUT2D eigenvalue weighted by atomic mass is 9.90. The minimum Gasteiger partial charge on any atom is -0.454 e. The van der Waals surface area contributed by atoms with Crippen LogP contribution in [0.1, 0.15) is 36.0 Å². The molecule has 5 nitrogen and oxygen atoms in total. The number of rotatable bonds is 4. The molecule has 2 fully saturated rings. The first-order chi connectivity index (χ1) is 14.0. The van der Waals surface area contributed by atoms with E-state index in [0.717, 1.165) is 56.1 Å². The molecule has 0 aromatic heterocycles. The number of nitrogens with zero attached hydrogens (tertiary/aromatic N) is 1. The zero-order chi connectivity index (χ0) is 20.0. The van der Waals surface area contributed by atoms with Crippen LogP contribution in [-0.4, -0.2) is 30.7 Å². The predicted octanol–water partition coefficient (Wildman–Crippen LogP) is 4.27. The van der Waals surface area contributed by atoms with Crippen LogP contribution in [0, 0.1) is 25.2 Å². The van der Waals surface area contributed by atoms with Crippen molar-refractivity contribution < 1.29 is 14.3 Å². The summed E-state index contributed by atoms with van der Waals surface area (Å²) >= 11 is 0. The summed E-state index contributed by atoms with van der Waals surface area (Å²) in [5, 5.41) is 3.15. The maximum atomic E-state index is 12.8. The van der Waals surface area contributed by atoms with Crippen molar-refractivity contribution in [3.8, 4) is 11.5 Å². The van der Waals surface area contributed by atoms with Gasteiger partial charge in [-0.2, -0.15) is 0 Å². The Labute approximate surface area is 172 Å². The fourth-order valence-electron chi connectivity index (χ4n) is 5.00. The lowest BCUT2D eigenvalue weighted by molar-refractivity contribution is -0.118. The summed E-state index contributed by atoms with van der Waals surface area (Å²) in [6.07, 6.45) is 3.23. The quantitative estimate of drug-likeness (QED) is 0.844. The lowest BCUT2D eigenvalue weighted by Crippen LogP contribution is -2.35. The van der Waals surface area contributed by atoms with Crippen molar-refractivity contribution in [2.45, 2.75) is 39.7 Å². The fraction of sp³-hybridized carbons (Fsp3) is 0.458. The van der Waals surface area contributed by atoms with E-state index in [0.29, 0.717) is 6.79 Å². The molecule has 2 aromatic carbocycles. The van der Waals surface area contributed by atoms with Crippen molar-refractivity contribution in [2.75, 3.05) is 25.2 Å². The van der Waals surface area contributed by atoms with Crippen LogP contribution in [0.5, 0.6) is 11.5 Å². The Kier molecular flexibility index (Phi) is 4.50. The fourth-order valence-corrected chi connectivity index (χ4v) is 5.00. The molecule has 5 heteroatoms. The van der Waals surface area contributed by atoms with Gasteiger partial charge in [-0.05, 0) is 92.6 Å². The van der Waals surface area contributed by atoms with Gasteiger partial charge in [-0.3, -0.25) is 9.69 Å². The number of fused-ring (bicyclic) bond motifs is 1. The second-order valence-electron chi connectivity index (χ2n) is 8.95. The molecule has 0 bridgehead atoms. The van der Waals surface area contributed by atoms with Crippen LogP contribution in [0.3, 0.4) is 0 Å². The number of ether oxygens (including phenoxy) is 2. The highest BCUT2D eigenvalue weighted by atomic mass is 16.7. The molecule has 1 saturated carbocycles. The maximum absolute atomic E-state index is 12.8. The number of benzene rings is 2. The Morgan fingerprint density at radius 1 is 1.07 bits per heavy atom. The molecule has 2 aromatic rings. The number of hydrogen-bond acceptors (Lipinski definition) is 4. The molecule has 1 N–H and O–H groups in total. The van der Waals surface area contributed by atoms with E-state index in [1.807, 2.05) is 18.2 Å². The van der Waals surface area contributed by atoms with Crippen molar-refractivity contribution in [3.63, 3.8) is 0 Å². The number of carbonyl (C=O) groups is 1. The number of likely N-dealkylation sites (tertiary alicyclic amines) is 1. The van der Waals surface area contributed by atoms with Gasteiger partial charge < -0.3 is 14.8 Å². The van der Waals surface area contributed by atoms with Gasteiger partial charge in [-0.25, -0.2) is 0 Å². The summed E-state index contributed by atoms with van der Waals surface area (Å²) in [4.78, 5) is 15.3. The average Bonchev–Trinajstić information content (AvgIpc) is 3.17. The molecule has 2 heterocycles. The summed E-state index contributed by atoms with van der Waals surface area (Å²) in [5.74, 6) is 2.04. The van der Waals surface area contributed by atoms with E-state index < -0.39 is 0 Å². The molecule has 1 atom stereocenters. The van der Waals surface area contributed by atoms with Crippen molar-refractivity contribution in [1.82, 2.24) is 4.90 Å². The van der Waals surface area contributed by atoms with Gasteiger partial charge in [-0.1, -0.05) is 12.1 Å². The lowest BCUT2D eigenvalue weighted by Gasteiger charge is -2.32. The summed E-state index contributed by atoms with van der Waals surface area (Å²) in [6, 6.07) is 12.4. The molecule has 29 heavy (non-hydrogen) atoms. The highest BCUT2D eigenvalue weighted by Gasteiger charge is 2.58. The minimum atomic E-state index is 0.163. The van der Waals surface area contributed by atoms with Crippen LogP contribution in [0.4, 0.5) is 5.69 Å². The van der Waals surface area contributed by atoms with Gasteiger partial charge in [0.05, 0.1) is 0 Å². The van der Waals surface area contributed by atoms with Crippen LogP contribution in [0.2, 0.25) is 0 Å². The van der Waals surface area contributed by atoms with Crippen molar-refractivity contribution in [1.29, 1.82) is 0 Å². The van der Waals surface area contributed by atoms with Crippen LogP contribution in [0.15, 0.2) is 36.4 Å². The van der Waals surface area contributed by atoms with Crippen LogP contribution < -0.4 is 14.8 Å². The molecule has 1 spiro atoms. The smallest absolute Gasteiger partial charge is 0.231 e. The Bertz CT molecular complexity index is 927. The van der Waals surface area contributed by atoms with Gasteiger partial charge in [0.1, 0.15) is 0 Å². The first-order valence-corrected chi connectivity index (χ1v) is 10.5. The first-order valence-electron chi connectivity index (χ1n) is 10.5. The largest absolute Gasteiger partial charge is 0.454 e. The number of piperidine rings is 1. The third kappa shape index (κ3) is 3.71. The number of aryl methyl sites for hydroxylation is 2. The second-order valence-corrected chi connectivity index (χ2v) is 8.95. The molecule has 2 aliphatic heterocycles. The zero-order valence-electron chi connectivity index (χ0n) is 17.2. The van der Waals surface area contributed by atoms with Crippen LogP contribution in [-0.2, 0) is 11.3 Å². The standard InChI is InChI=1S/C24H28N2O3/c1-16-9-17(2)11-19(10-16)25-23(27)20-13-24(20)5-7-26(8-6-24)14-18-3-4-21-22(12-18)29-15-28-21/h3-4,9-12,20H,5-8,13-15H2,1-2H3,(H,25,27)/t20-/m1/s1. The van der Waals surface area contributed by atoms with Gasteiger partial charge in [0.2, 0.25) is 12.7 Å². The third-order valence-electron chi connectivity index (χ3n) is 6.69. The molecule has 0 radical (unpaired) electrons. The molecule has 1 aliphatic carbocycles. The summed E-state index contributed by atoms with van der Waals surface area (Å²) in [7, 11) is 0. The molecular formula is C24H28N2O3. The van der Waals surface area contributed by atoms with E-state index in [-0.39, 0.29) is 17.2 Å². The minimum absolute atomic E-state index is 0.163. The molecule has 3 aliphatic rings. The van der Waals surface area contributed by atoms with Gasteiger partial charge in [-0.15, -0.1) is 0 Å². The third-order valence-corrected chi connectivity index (χ3v) is 6.69. The van der Waals surface area contributed by atoms with Crippen molar-refractivity contribution >= 4 is 11.6 Å². The number of hydrogen-bond donors (Lipinski definition) is 1. The van der Waals surface area contributed by atoms with E-state index >= 15 is 0 Å². The van der Waals surface area contributed by atoms with Gasteiger partial charge in [0.15, 0.2) is 11.5 Å². The Morgan fingerprint density at radius 3 is 2.55 bits per heavy atom. The molecule has 152 valence electrons. The molecular weight excluding hydrogens is 364 g/mol. The van der Waals surface area contributed by atoms with Crippen LogP contribution in [0.25, 0.3) is 0 Å². The van der Waals surface area contributed by atoms with E-state index in [4.69, 9.17) is 9.47 Å². The van der Waals surface area contributed by atoms with E-state index in [9.17, 15) is 4.79 Å². The van der Waals surface area contributed by atoms with Gasteiger partial charge >= 0.3 is 0 Å². The zero-order valence-corrected chi connectivity index (χ0v) is 17.2. The average molecular weight is 392 g/mol. The number of amides is 1. The monoisotopic (exact) mass is 392 g/mol. The summed E-state index contributed by atoms with van der Waals surface area (Å²) in [5.41, 5.74) is 4.76. The summed E-state index contributed by atoms with van der Waals surface area (Å²) < 4.78 is 10.9. The molecule has 0 unspecified atom stereocenters. The predicted molar refractivity (Wildman–Crippen MR) is 112 cm³/mol. The number of nitrogens with one attached hydrogen (secondary N) is 1.